The lowest BCUT2D eigenvalue weighted by molar-refractivity contribution is 0.386. The zero-order chi connectivity index (χ0) is 17.4. The zero-order valence-corrected chi connectivity index (χ0v) is 13.6. The van der Waals surface area contributed by atoms with Gasteiger partial charge in [0.15, 0.2) is 23.0 Å². The van der Waals surface area contributed by atoms with Crippen LogP contribution in [0.2, 0.25) is 0 Å². The third-order valence-electron chi connectivity index (χ3n) is 3.82. The highest BCUT2D eigenvalue weighted by molar-refractivity contribution is 5.78. The summed E-state index contributed by atoms with van der Waals surface area (Å²) in [5.74, 6) is 0.970. The molecule has 0 saturated carbocycles. The Morgan fingerprint density at radius 2 is 1.92 bits per heavy atom. The summed E-state index contributed by atoms with van der Waals surface area (Å²) in [5.41, 5.74) is 2.66. The van der Waals surface area contributed by atoms with Crippen molar-refractivity contribution in [3.8, 4) is 28.6 Å². The minimum atomic E-state index is -0.490. The highest BCUT2D eigenvalue weighted by atomic mass is 19.1. The minimum Gasteiger partial charge on any atom is -0.494 e. The molecular weight excluding hydrogens is 325 g/mol. The van der Waals surface area contributed by atoms with Crippen molar-refractivity contribution in [3.05, 3.63) is 48.1 Å². The van der Waals surface area contributed by atoms with Crippen molar-refractivity contribution in [1.82, 2.24) is 15.1 Å². The van der Waals surface area contributed by atoms with E-state index in [1.807, 2.05) is 25.1 Å². The van der Waals surface area contributed by atoms with Gasteiger partial charge in [-0.15, -0.1) is 0 Å². The first-order valence-corrected chi connectivity index (χ1v) is 7.75. The summed E-state index contributed by atoms with van der Waals surface area (Å²) in [7, 11) is 1.41. The molecule has 0 saturated heterocycles. The summed E-state index contributed by atoms with van der Waals surface area (Å²) >= 11 is 0. The molecule has 0 aliphatic rings. The van der Waals surface area contributed by atoms with E-state index in [1.54, 1.807) is 6.07 Å². The molecule has 0 unspecified atom stereocenters. The molecule has 4 rings (SSSR count). The predicted molar refractivity (Wildman–Crippen MR) is 88.6 cm³/mol. The normalized spacial score (nSPS) is 11.2. The van der Waals surface area contributed by atoms with Crippen LogP contribution in [0.25, 0.3) is 33.9 Å². The van der Waals surface area contributed by atoms with Gasteiger partial charge in [-0.2, -0.15) is 4.98 Å². The summed E-state index contributed by atoms with van der Waals surface area (Å²) in [6.45, 7) is 1.98. The number of methoxy groups -OCH3 is 1. The zero-order valence-electron chi connectivity index (χ0n) is 13.6. The van der Waals surface area contributed by atoms with E-state index in [0.29, 0.717) is 22.9 Å². The molecule has 6 nitrogen and oxygen atoms in total. The molecule has 2 heterocycles. The van der Waals surface area contributed by atoms with Crippen LogP contribution in [0.3, 0.4) is 0 Å². The van der Waals surface area contributed by atoms with Crippen LogP contribution in [-0.4, -0.2) is 22.2 Å². The monoisotopic (exact) mass is 339 g/mol. The number of fused-ring (bicyclic) bond motifs is 1. The van der Waals surface area contributed by atoms with Crippen LogP contribution in [0.4, 0.5) is 4.39 Å². The smallest absolute Gasteiger partial charge is 0.258 e. The maximum absolute atomic E-state index is 13.8. The number of oxazole rings is 1. The van der Waals surface area contributed by atoms with E-state index < -0.39 is 5.82 Å². The summed E-state index contributed by atoms with van der Waals surface area (Å²) in [6.07, 6.45) is 0.722. The number of rotatable bonds is 4. The third-order valence-corrected chi connectivity index (χ3v) is 3.82. The minimum absolute atomic E-state index is 0.159. The van der Waals surface area contributed by atoms with E-state index >= 15 is 0 Å². The van der Waals surface area contributed by atoms with E-state index in [2.05, 4.69) is 15.1 Å². The van der Waals surface area contributed by atoms with Gasteiger partial charge in [0.1, 0.15) is 5.52 Å². The number of aryl methyl sites for hydroxylation is 1. The molecule has 126 valence electrons. The molecule has 7 heteroatoms. The largest absolute Gasteiger partial charge is 0.494 e. The maximum atomic E-state index is 13.8. The van der Waals surface area contributed by atoms with Gasteiger partial charge in [0.05, 0.1) is 7.11 Å². The number of hydrogen-bond acceptors (Lipinski definition) is 6. The Balaban J connectivity index is 1.70. The standard InChI is InChI=1S/C18H14FN3O3/c1-3-16-20-13-9-10(4-7-15(13)24-16)17-21-18(25-22-17)11-5-6-14(23-2)12(19)8-11/h4-9H,3H2,1-2H3. The molecule has 0 bridgehead atoms. The third kappa shape index (κ3) is 2.73. The second kappa shape index (κ2) is 6.01. The van der Waals surface area contributed by atoms with Crippen molar-refractivity contribution in [1.29, 1.82) is 0 Å². The second-order valence-electron chi connectivity index (χ2n) is 5.42. The predicted octanol–water partition coefficient (Wildman–Crippen LogP) is 4.25. The molecule has 0 amide bonds. The number of halogens is 1. The van der Waals surface area contributed by atoms with Crippen LogP contribution < -0.4 is 4.74 Å². The summed E-state index contributed by atoms with van der Waals surface area (Å²) in [4.78, 5) is 8.73. The first-order chi connectivity index (χ1) is 12.2. The fourth-order valence-electron chi connectivity index (χ4n) is 2.52. The first kappa shape index (κ1) is 15.3. The van der Waals surface area contributed by atoms with Gasteiger partial charge in [-0.25, -0.2) is 9.37 Å². The fraction of sp³-hybridized carbons (Fsp3) is 0.167. The van der Waals surface area contributed by atoms with E-state index in [0.717, 1.165) is 17.5 Å². The number of ether oxygens (including phenoxy) is 1. The van der Waals surface area contributed by atoms with Crippen LogP contribution in [0, 0.1) is 5.82 Å². The fourth-order valence-corrected chi connectivity index (χ4v) is 2.52. The van der Waals surface area contributed by atoms with Gasteiger partial charge in [0, 0.05) is 17.5 Å². The van der Waals surface area contributed by atoms with Crippen molar-refractivity contribution < 1.29 is 18.1 Å². The van der Waals surface area contributed by atoms with Crippen LogP contribution >= 0.6 is 0 Å². The number of nitrogens with zero attached hydrogens (tertiary/aromatic N) is 3. The van der Waals surface area contributed by atoms with Gasteiger partial charge in [0.25, 0.3) is 5.89 Å². The quantitative estimate of drug-likeness (QED) is 0.553. The molecule has 0 aliphatic heterocycles. The van der Waals surface area contributed by atoms with Crippen molar-refractivity contribution in [2.24, 2.45) is 0 Å². The highest BCUT2D eigenvalue weighted by Gasteiger charge is 2.14. The Kier molecular flexibility index (Phi) is 3.68. The van der Waals surface area contributed by atoms with E-state index in [1.165, 1.54) is 19.2 Å². The lowest BCUT2D eigenvalue weighted by atomic mass is 10.2. The number of aromatic nitrogens is 3. The number of benzene rings is 2. The molecule has 0 spiro atoms. The van der Waals surface area contributed by atoms with Crippen LogP contribution in [0.1, 0.15) is 12.8 Å². The number of hydrogen-bond donors (Lipinski definition) is 0. The first-order valence-electron chi connectivity index (χ1n) is 7.75. The van der Waals surface area contributed by atoms with Gasteiger partial charge >= 0.3 is 0 Å². The molecule has 0 aliphatic carbocycles. The van der Waals surface area contributed by atoms with Crippen molar-refractivity contribution in [3.63, 3.8) is 0 Å². The van der Waals surface area contributed by atoms with Crippen LogP contribution in [-0.2, 0) is 6.42 Å². The molecule has 0 atom stereocenters. The van der Waals surface area contributed by atoms with Crippen LogP contribution in [0.15, 0.2) is 45.3 Å². The molecule has 0 N–H and O–H groups in total. The van der Waals surface area contributed by atoms with E-state index in [9.17, 15) is 4.39 Å². The lowest BCUT2D eigenvalue weighted by Gasteiger charge is -2.01. The Hall–Kier alpha value is -3.22. The average molecular weight is 339 g/mol. The molecule has 2 aromatic heterocycles. The molecule has 25 heavy (non-hydrogen) atoms. The Morgan fingerprint density at radius 3 is 2.68 bits per heavy atom. The Morgan fingerprint density at radius 1 is 1.08 bits per heavy atom. The topological polar surface area (TPSA) is 74.2 Å². The van der Waals surface area contributed by atoms with E-state index in [4.69, 9.17) is 13.7 Å². The van der Waals surface area contributed by atoms with E-state index in [-0.39, 0.29) is 11.6 Å². The van der Waals surface area contributed by atoms with Gasteiger partial charge in [-0.1, -0.05) is 12.1 Å². The molecule has 2 aromatic carbocycles. The lowest BCUT2D eigenvalue weighted by Crippen LogP contribution is -1.88. The summed E-state index contributed by atoms with van der Waals surface area (Å²) < 4.78 is 29.6. The summed E-state index contributed by atoms with van der Waals surface area (Å²) in [6, 6.07) is 9.96. The van der Waals surface area contributed by atoms with Gasteiger partial charge in [-0.3, -0.25) is 0 Å². The highest BCUT2D eigenvalue weighted by Crippen LogP contribution is 2.28. The molecule has 0 fully saturated rings. The second-order valence-corrected chi connectivity index (χ2v) is 5.42. The Labute approximate surface area is 142 Å². The molecule has 0 radical (unpaired) electrons. The summed E-state index contributed by atoms with van der Waals surface area (Å²) in [5, 5.41) is 3.97. The molecule has 4 aromatic rings. The van der Waals surface area contributed by atoms with Crippen molar-refractivity contribution in [2.75, 3.05) is 7.11 Å². The van der Waals surface area contributed by atoms with Crippen molar-refractivity contribution >= 4 is 11.1 Å². The van der Waals surface area contributed by atoms with Crippen LogP contribution in [0.5, 0.6) is 5.75 Å². The average Bonchev–Trinajstić information content (AvgIpc) is 3.27. The van der Waals surface area contributed by atoms with Crippen molar-refractivity contribution in [2.45, 2.75) is 13.3 Å². The molecular formula is C18H14FN3O3. The van der Waals surface area contributed by atoms with Gasteiger partial charge in [-0.05, 0) is 36.4 Å². The van der Waals surface area contributed by atoms with Gasteiger partial charge in [0.2, 0.25) is 5.82 Å². The maximum Gasteiger partial charge on any atom is 0.258 e. The van der Waals surface area contributed by atoms with Gasteiger partial charge < -0.3 is 13.7 Å². The Bertz CT molecular complexity index is 1050. The SMILES string of the molecule is CCc1nc2cc(-c3noc(-c4ccc(OC)c(F)c4)n3)ccc2o1.